The first-order valence-corrected chi connectivity index (χ1v) is 9.79. The lowest BCUT2D eigenvalue weighted by atomic mass is 9.68. The third-order valence-electron chi connectivity index (χ3n) is 5.64. The molecule has 1 spiro atoms. The highest BCUT2D eigenvalue weighted by atomic mass is 16.5. The van der Waals surface area contributed by atoms with Gasteiger partial charge in [0, 0.05) is 11.3 Å². The van der Waals surface area contributed by atoms with Crippen molar-refractivity contribution in [1.82, 2.24) is 9.78 Å². The minimum Gasteiger partial charge on any atom is -0.422 e. The largest absolute Gasteiger partial charge is 0.422 e. The molecule has 0 radical (unpaired) electrons. The Bertz CT molecular complexity index is 1250. The van der Waals surface area contributed by atoms with Crippen LogP contribution in [0, 0.1) is 11.3 Å². The summed E-state index contributed by atoms with van der Waals surface area (Å²) in [6.45, 7) is 2.04. The number of benzene rings is 2. The molecule has 2 aliphatic rings. The van der Waals surface area contributed by atoms with Gasteiger partial charge in [0.05, 0.1) is 16.9 Å². The Morgan fingerprint density at radius 3 is 2.67 bits per heavy atom. The fourth-order valence-corrected chi connectivity index (χ4v) is 4.43. The molecule has 30 heavy (non-hydrogen) atoms. The molecule has 5 rings (SSSR count). The second-order valence-corrected chi connectivity index (χ2v) is 7.33. The SMILES string of the molecule is CCCc1nn(-c2ccccc2)c2c1C1(C(=O)Nc3ccccc31)C(C#N)=C(N)O2. The number of rotatable bonds is 3. The highest BCUT2D eigenvalue weighted by Crippen LogP contribution is 2.54. The lowest BCUT2D eigenvalue weighted by Gasteiger charge is -2.32. The van der Waals surface area contributed by atoms with Crippen LogP contribution >= 0.6 is 0 Å². The number of para-hydroxylation sites is 2. The smallest absolute Gasteiger partial charge is 0.245 e. The Kier molecular flexibility index (Phi) is 3.90. The van der Waals surface area contributed by atoms with Crippen molar-refractivity contribution in [2.24, 2.45) is 5.73 Å². The Balaban J connectivity index is 1.91. The number of nitrogens with one attached hydrogen (secondary N) is 1. The first kappa shape index (κ1) is 18.0. The second kappa shape index (κ2) is 6.49. The maximum absolute atomic E-state index is 13.5. The van der Waals surface area contributed by atoms with E-state index in [1.807, 2.05) is 61.5 Å². The summed E-state index contributed by atoms with van der Waals surface area (Å²) in [6, 6.07) is 19.0. The fourth-order valence-electron chi connectivity index (χ4n) is 4.43. The van der Waals surface area contributed by atoms with E-state index < -0.39 is 5.41 Å². The summed E-state index contributed by atoms with van der Waals surface area (Å²) in [6.07, 6.45) is 1.44. The molecule has 0 saturated carbocycles. The van der Waals surface area contributed by atoms with Crippen LogP contribution in [0.4, 0.5) is 5.69 Å². The molecule has 3 heterocycles. The predicted molar refractivity (Wildman–Crippen MR) is 111 cm³/mol. The van der Waals surface area contributed by atoms with E-state index in [2.05, 4.69) is 11.4 Å². The van der Waals surface area contributed by atoms with Crippen molar-refractivity contribution in [3.63, 3.8) is 0 Å². The van der Waals surface area contributed by atoms with Crippen LogP contribution in [-0.2, 0) is 16.6 Å². The summed E-state index contributed by atoms with van der Waals surface area (Å²) in [4.78, 5) is 13.5. The Morgan fingerprint density at radius 2 is 1.93 bits per heavy atom. The molecule has 1 aromatic heterocycles. The summed E-state index contributed by atoms with van der Waals surface area (Å²) in [5, 5.41) is 17.8. The van der Waals surface area contributed by atoms with Gasteiger partial charge in [-0.05, 0) is 24.6 Å². The number of hydrogen-bond donors (Lipinski definition) is 2. The van der Waals surface area contributed by atoms with Crippen LogP contribution in [0.1, 0.15) is 30.2 Å². The number of amides is 1. The summed E-state index contributed by atoms with van der Waals surface area (Å²) in [7, 11) is 0. The molecule has 2 aliphatic heterocycles. The molecular formula is C23H19N5O2. The molecule has 0 aliphatic carbocycles. The van der Waals surface area contributed by atoms with E-state index in [-0.39, 0.29) is 17.4 Å². The van der Waals surface area contributed by atoms with Crippen LogP contribution < -0.4 is 15.8 Å². The van der Waals surface area contributed by atoms with Gasteiger partial charge >= 0.3 is 0 Å². The number of nitrogens with zero attached hydrogens (tertiary/aromatic N) is 3. The average Bonchev–Trinajstić information content (AvgIpc) is 3.25. The maximum atomic E-state index is 13.5. The van der Waals surface area contributed by atoms with Gasteiger partial charge in [0.2, 0.25) is 17.7 Å². The number of anilines is 1. The van der Waals surface area contributed by atoms with Crippen LogP contribution in [0.5, 0.6) is 5.88 Å². The topological polar surface area (TPSA) is 106 Å². The zero-order valence-corrected chi connectivity index (χ0v) is 16.3. The van der Waals surface area contributed by atoms with E-state index in [1.54, 1.807) is 4.68 Å². The molecule has 3 N–H and O–H groups in total. The maximum Gasteiger partial charge on any atom is 0.245 e. The minimum atomic E-state index is -1.39. The van der Waals surface area contributed by atoms with E-state index in [0.717, 1.165) is 12.1 Å². The summed E-state index contributed by atoms with van der Waals surface area (Å²) >= 11 is 0. The van der Waals surface area contributed by atoms with Gasteiger partial charge in [-0.2, -0.15) is 10.4 Å². The summed E-state index contributed by atoms with van der Waals surface area (Å²) in [5.41, 5.74) is 8.34. The van der Waals surface area contributed by atoms with Crippen molar-refractivity contribution in [2.45, 2.75) is 25.2 Å². The molecule has 3 aromatic rings. The lowest BCUT2D eigenvalue weighted by Crippen LogP contribution is -2.43. The molecule has 7 nitrogen and oxygen atoms in total. The normalized spacial score (nSPS) is 19.1. The molecule has 1 atom stereocenters. The first-order chi connectivity index (χ1) is 14.6. The third-order valence-corrected chi connectivity index (χ3v) is 5.64. The second-order valence-electron chi connectivity index (χ2n) is 7.33. The zero-order chi connectivity index (χ0) is 20.9. The highest BCUT2D eigenvalue weighted by molar-refractivity contribution is 6.12. The lowest BCUT2D eigenvalue weighted by molar-refractivity contribution is -0.118. The van der Waals surface area contributed by atoms with Crippen LogP contribution in [0.2, 0.25) is 0 Å². The molecular weight excluding hydrogens is 378 g/mol. The Labute approximate surface area is 173 Å². The average molecular weight is 397 g/mol. The van der Waals surface area contributed by atoms with E-state index in [1.165, 1.54) is 0 Å². The van der Waals surface area contributed by atoms with Gasteiger partial charge in [-0.1, -0.05) is 49.7 Å². The van der Waals surface area contributed by atoms with Gasteiger partial charge in [0.15, 0.2) is 0 Å². The number of fused-ring (bicyclic) bond motifs is 4. The molecule has 1 unspecified atom stereocenters. The number of nitrogens with two attached hydrogens (primary N) is 1. The van der Waals surface area contributed by atoms with E-state index >= 15 is 0 Å². The van der Waals surface area contributed by atoms with Crippen molar-refractivity contribution in [3.05, 3.63) is 82.9 Å². The minimum absolute atomic E-state index is 0.0856. The number of carbonyl (C=O) groups is 1. The van der Waals surface area contributed by atoms with Crippen LogP contribution in [0.15, 0.2) is 66.1 Å². The number of nitriles is 1. The molecule has 2 aromatic carbocycles. The van der Waals surface area contributed by atoms with Gasteiger partial charge in [0.1, 0.15) is 17.1 Å². The number of carbonyl (C=O) groups excluding carboxylic acids is 1. The van der Waals surface area contributed by atoms with Crippen molar-refractivity contribution in [3.8, 4) is 17.6 Å². The quantitative estimate of drug-likeness (QED) is 0.706. The van der Waals surface area contributed by atoms with Gasteiger partial charge < -0.3 is 15.8 Å². The molecule has 7 heteroatoms. The van der Waals surface area contributed by atoms with Crippen molar-refractivity contribution in [1.29, 1.82) is 5.26 Å². The van der Waals surface area contributed by atoms with Crippen molar-refractivity contribution in [2.75, 3.05) is 5.32 Å². The fraction of sp³-hybridized carbons (Fsp3) is 0.174. The molecule has 0 bridgehead atoms. The van der Waals surface area contributed by atoms with Gasteiger partial charge in [-0.15, -0.1) is 0 Å². The molecule has 0 fully saturated rings. The summed E-state index contributed by atoms with van der Waals surface area (Å²) in [5.74, 6) is -0.0392. The predicted octanol–water partition coefficient (Wildman–Crippen LogP) is 3.15. The standard InChI is InChI=1S/C23H19N5O2/c1-2-8-18-19-21(28(27-18)14-9-4-3-5-10-14)30-20(25)16(13-24)23(19)15-11-6-7-12-17(15)26-22(23)29/h3-7,9-12H,2,8,25H2,1H3,(H,26,29). The van der Waals surface area contributed by atoms with Crippen molar-refractivity contribution >= 4 is 11.6 Å². The van der Waals surface area contributed by atoms with E-state index in [4.69, 9.17) is 15.6 Å². The third kappa shape index (κ3) is 2.19. The zero-order valence-electron chi connectivity index (χ0n) is 16.3. The molecule has 1 amide bonds. The van der Waals surface area contributed by atoms with E-state index in [9.17, 15) is 10.1 Å². The number of ether oxygens (including phenoxy) is 1. The molecule has 0 saturated heterocycles. The van der Waals surface area contributed by atoms with Crippen LogP contribution in [0.25, 0.3) is 5.69 Å². The number of aryl methyl sites for hydroxylation is 1. The number of aromatic nitrogens is 2. The highest BCUT2D eigenvalue weighted by Gasteiger charge is 2.58. The Morgan fingerprint density at radius 1 is 1.20 bits per heavy atom. The Hall–Kier alpha value is -4.05. The summed E-state index contributed by atoms with van der Waals surface area (Å²) < 4.78 is 7.62. The van der Waals surface area contributed by atoms with Gasteiger partial charge in [0.25, 0.3) is 0 Å². The van der Waals surface area contributed by atoms with Gasteiger partial charge in [-0.3, -0.25) is 4.79 Å². The van der Waals surface area contributed by atoms with Crippen molar-refractivity contribution < 1.29 is 9.53 Å². The molecule has 148 valence electrons. The first-order valence-electron chi connectivity index (χ1n) is 9.79. The van der Waals surface area contributed by atoms with Crippen LogP contribution in [-0.4, -0.2) is 15.7 Å². The monoisotopic (exact) mass is 397 g/mol. The van der Waals surface area contributed by atoms with Gasteiger partial charge in [-0.25, -0.2) is 4.68 Å². The van der Waals surface area contributed by atoms with Crippen LogP contribution in [0.3, 0.4) is 0 Å². The van der Waals surface area contributed by atoms with E-state index in [0.29, 0.717) is 34.8 Å². The number of hydrogen-bond acceptors (Lipinski definition) is 5.